The Hall–Kier alpha value is -1.82. The average Bonchev–Trinajstić information content (AvgIpc) is 2.41. The summed E-state index contributed by atoms with van der Waals surface area (Å²) in [6.07, 6.45) is 0. The molecule has 2 rings (SSSR count). The van der Waals surface area contributed by atoms with Crippen LogP contribution in [0.2, 0.25) is 0 Å². The van der Waals surface area contributed by atoms with E-state index in [4.69, 9.17) is 0 Å². The van der Waals surface area contributed by atoms with E-state index in [0.29, 0.717) is 18.1 Å². The van der Waals surface area contributed by atoms with Gasteiger partial charge in [-0.3, -0.25) is 4.90 Å². The molecule has 6 heteroatoms. The SMILES string of the molecule is CO/N=[N+](\[O-])N1CCN(Cc2ccccc2)CC1. The third-order valence-electron chi connectivity index (χ3n) is 2.99. The summed E-state index contributed by atoms with van der Waals surface area (Å²) >= 11 is 0. The Morgan fingerprint density at radius 3 is 2.50 bits per heavy atom. The second-order valence-corrected chi connectivity index (χ2v) is 4.23. The highest BCUT2D eigenvalue weighted by molar-refractivity contribution is 5.14. The van der Waals surface area contributed by atoms with E-state index in [1.54, 1.807) is 5.01 Å². The van der Waals surface area contributed by atoms with Gasteiger partial charge in [-0.15, -0.1) is 5.01 Å². The zero-order valence-corrected chi connectivity index (χ0v) is 10.5. The first-order chi connectivity index (χ1) is 8.79. The molecule has 1 aliphatic rings. The van der Waals surface area contributed by atoms with Gasteiger partial charge in [0.2, 0.25) is 5.28 Å². The summed E-state index contributed by atoms with van der Waals surface area (Å²) in [6, 6.07) is 10.3. The van der Waals surface area contributed by atoms with Crippen molar-refractivity contribution in [3.63, 3.8) is 0 Å². The highest BCUT2D eigenvalue weighted by Crippen LogP contribution is 2.08. The van der Waals surface area contributed by atoms with Crippen LogP contribution in [0, 0.1) is 5.21 Å². The standard InChI is InChI=1S/C12H18N4O2/c1-18-13-16(17)15-9-7-14(8-10-15)11-12-5-3-2-4-6-12/h2-6H,7-11H2,1H3/b16-13-. The van der Waals surface area contributed by atoms with Crippen LogP contribution in [-0.2, 0) is 11.4 Å². The van der Waals surface area contributed by atoms with Gasteiger partial charge < -0.3 is 10.0 Å². The number of piperazine rings is 1. The Kier molecular flexibility index (Phi) is 4.35. The van der Waals surface area contributed by atoms with Crippen molar-refractivity contribution in [1.82, 2.24) is 9.91 Å². The van der Waals surface area contributed by atoms with Gasteiger partial charge in [0.25, 0.3) is 0 Å². The van der Waals surface area contributed by atoms with E-state index < -0.39 is 0 Å². The number of hydrogen-bond acceptors (Lipinski definition) is 4. The molecule has 0 atom stereocenters. The van der Waals surface area contributed by atoms with Crippen molar-refractivity contribution in [2.45, 2.75) is 6.54 Å². The van der Waals surface area contributed by atoms with E-state index >= 15 is 0 Å². The Labute approximate surface area is 107 Å². The fourth-order valence-corrected chi connectivity index (χ4v) is 2.03. The van der Waals surface area contributed by atoms with Crippen molar-refractivity contribution in [2.75, 3.05) is 33.3 Å². The van der Waals surface area contributed by atoms with Crippen molar-refractivity contribution < 1.29 is 9.81 Å². The number of hydrazine groups is 1. The van der Waals surface area contributed by atoms with E-state index in [0.717, 1.165) is 19.6 Å². The first-order valence-electron chi connectivity index (χ1n) is 6.02. The molecule has 1 saturated heterocycles. The van der Waals surface area contributed by atoms with Gasteiger partial charge in [0.05, 0.1) is 18.1 Å². The predicted octanol–water partition coefficient (Wildman–Crippen LogP) is 1.24. The third kappa shape index (κ3) is 3.33. The molecule has 0 spiro atoms. The molecule has 1 aromatic rings. The van der Waals surface area contributed by atoms with Crippen molar-refractivity contribution in [1.29, 1.82) is 0 Å². The quantitative estimate of drug-likeness (QED) is 0.458. The smallest absolute Gasteiger partial charge is 0.232 e. The lowest BCUT2D eigenvalue weighted by Crippen LogP contribution is -2.48. The molecule has 0 N–H and O–H groups in total. The Morgan fingerprint density at radius 2 is 1.89 bits per heavy atom. The van der Waals surface area contributed by atoms with E-state index in [1.165, 1.54) is 12.7 Å². The van der Waals surface area contributed by atoms with Crippen LogP contribution in [0.1, 0.15) is 5.56 Å². The molecule has 0 saturated carbocycles. The second kappa shape index (κ2) is 6.20. The molecule has 0 aliphatic carbocycles. The predicted molar refractivity (Wildman–Crippen MR) is 66.4 cm³/mol. The molecule has 1 aliphatic heterocycles. The van der Waals surface area contributed by atoms with Crippen LogP contribution in [-0.4, -0.2) is 48.2 Å². The molecule has 6 nitrogen and oxygen atoms in total. The summed E-state index contributed by atoms with van der Waals surface area (Å²) in [4.78, 5) is 7.32. The second-order valence-electron chi connectivity index (χ2n) is 4.23. The van der Waals surface area contributed by atoms with Crippen molar-refractivity contribution in [2.24, 2.45) is 5.28 Å². The normalized spacial score (nSPS) is 17.8. The molecule has 0 bridgehead atoms. The maximum atomic E-state index is 11.4. The van der Waals surface area contributed by atoms with Crippen molar-refractivity contribution in [3.8, 4) is 0 Å². The van der Waals surface area contributed by atoms with E-state index in [-0.39, 0.29) is 0 Å². The van der Waals surface area contributed by atoms with E-state index in [1.807, 2.05) is 18.2 Å². The Bertz CT molecular complexity index is 388. The summed E-state index contributed by atoms with van der Waals surface area (Å²) in [7, 11) is 1.37. The minimum atomic E-state index is 0.528. The summed E-state index contributed by atoms with van der Waals surface area (Å²) in [5, 5.41) is 16.4. The number of benzene rings is 1. The lowest BCUT2D eigenvalue weighted by atomic mass is 10.2. The lowest BCUT2D eigenvalue weighted by molar-refractivity contribution is -0.712. The minimum Gasteiger partial charge on any atom is -0.569 e. The molecule has 0 amide bonds. The number of rotatable bonds is 4. The van der Waals surface area contributed by atoms with E-state index in [9.17, 15) is 5.21 Å². The summed E-state index contributed by atoms with van der Waals surface area (Å²) < 4.78 is 0. The number of nitrogens with zero attached hydrogens (tertiary/aromatic N) is 4. The van der Waals surface area contributed by atoms with Crippen LogP contribution in [0.5, 0.6) is 0 Å². The minimum absolute atomic E-state index is 0.528. The van der Waals surface area contributed by atoms with Crippen LogP contribution >= 0.6 is 0 Å². The maximum Gasteiger partial charge on any atom is 0.232 e. The zero-order chi connectivity index (χ0) is 12.8. The van der Waals surface area contributed by atoms with Crippen LogP contribution in [0.4, 0.5) is 0 Å². The van der Waals surface area contributed by atoms with Crippen LogP contribution in [0.3, 0.4) is 0 Å². The lowest BCUT2D eigenvalue weighted by Gasteiger charge is -2.31. The van der Waals surface area contributed by atoms with Crippen molar-refractivity contribution in [3.05, 3.63) is 41.1 Å². The molecule has 1 aromatic carbocycles. The summed E-state index contributed by atoms with van der Waals surface area (Å²) in [6.45, 7) is 3.97. The molecule has 1 heterocycles. The Morgan fingerprint density at radius 1 is 1.22 bits per heavy atom. The molecule has 0 aromatic heterocycles. The van der Waals surface area contributed by atoms with Gasteiger partial charge in [-0.05, 0) is 5.56 Å². The fraction of sp³-hybridized carbons (Fsp3) is 0.500. The average molecular weight is 250 g/mol. The molecule has 18 heavy (non-hydrogen) atoms. The third-order valence-corrected chi connectivity index (χ3v) is 2.99. The van der Waals surface area contributed by atoms with Crippen LogP contribution in [0.25, 0.3) is 0 Å². The maximum absolute atomic E-state index is 11.4. The fourth-order valence-electron chi connectivity index (χ4n) is 2.03. The molecule has 1 fully saturated rings. The van der Waals surface area contributed by atoms with Crippen molar-refractivity contribution >= 4 is 0 Å². The summed E-state index contributed by atoms with van der Waals surface area (Å²) in [5.74, 6) is 0. The molecule has 0 radical (unpaired) electrons. The van der Waals surface area contributed by atoms with Crippen LogP contribution in [0.15, 0.2) is 35.6 Å². The summed E-state index contributed by atoms with van der Waals surface area (Å²) in [5.41, 5.74) is 1.30. The van der Waals surface area contributed by atoms with E-state index in [2.05, 4.69) is 27.1 Å². The highest BCUT2D eigenvalue weighted by Gasteiger charge is 2.21. The molecule has 98 valence electrons. The highest BCUT2D eigenvalue weighted by atomic mass is 16.7. The molecular formula is C12H18N4O2. The van der Waals surface area contributed by atoms with Gasteiger partial charge in [0.15, 0.2) is 0 Å². The van der Waals surface area contributed by atoms with Gasteiger partial charge in [-0.25, -0.2) is 0 Å². The first-order valence-corrected chi connectivity index (χ1v) is 6.02. The van der Waals surface area contributed by atoms with Gasteiger partial charge in [0, 0.05) is 19.6 Å². The zero-order valence-electron chi connectivity index (χ0n) is 10.5. The van der Waals surface area contributed by atoms with Gasteiger partial charge in [-0.2, -0.15) is 0 Å². The number of hydrogen-bond donors (Lipinski definition) is 0. The topological polar surface area (TPSA) is 54.1 Å². The Balaban J connectivity index is 1.82. The first kappa shape index (κ1) is 12.6. The largest absolute Gasteiger partial charge is 0.569 e. The van der Waals surface area contributed by atoms with Crippen LogP contribution < -0.4 is 0 Å². The van der Waals surface area contributed by atoms with Gasteiger partial charge in [-0.1, -0.05) is 30.3 Å². The van der Waals surface area contributed by atoms with Gasteiger partial charge in [0.1, 0.15) is 7.11 Å². The van der Waals surface area contributed by atoms with Gasteiger partial charge >= 0.3 is 0 Å². The molecule has 0 unspecified atom stereocenters. The molecular weight excluding hydrogens is 232 g/mol. The monoisotopic (exact) mass is 250 g/mol.